The molecule has 0 fully saturated rings. The van der Waals surface area contributed by atoms with Crippen molar-refractivity contribution in [3.63, 3.8) is 0 Å². The second-order valence-corrected chi connectivity index (χ2v) is 4.05. The van der Waals surface area contributed by atoms with Gasteiger partial charge in [0.2, 0.25) is 0 Å². The summed E-state index contributed by atoms with van der Waals surface area (Å²) in [5.74, 6) is 0.339. The van der Waals surface area contributed by atoms with Crippen molar-refractivity contribution in [2.24, 2.45) is 5.92 Å². The molecule has 0 amide bonds. The Labute approximate surface area is 88.1 Å². The minimum Gasteiger partial charge on any atom is -0.392 e. The number of aliphatic hydroxyl groups is 1. The number of likely N-dealkylation sites (N-methyl/N-ethyl adjacent to an activating group) is 1. The second kappa shape index (κ2) is 8.21. The van der Waals surface area contributed by atoms with Crippen LogP contribution in [0.25, 0.3) is 0 Å². The molecule has 86 valence electrons. The van der Waals surface area contributed by atoms with Crippen molar-refractivity contribution in [2.45, 2.75) is 33.3 Å². The highest BCUT2D eigenvalue weighted by molar-refractivity contribution is 4.66. The predicted octanol–water partition coefficient (Wildman–Crippen LogP) is 1.36. The molecule has 0 saturated heterocycles. The predicted molar refractivity (Wildman–Crippen MR) is 59.5 cm³/mol. The van der Waals surface area contributed by atoms with Crippen LogP contribution in [-0.4, -0.2) is 49.5 Å². The summed E-state index contributed by atoms with van der Waals surface area (Å²) in [6.07, 6.45) is 0.826. The van der Waals surface area contributed by atoms with E-state index in [-0.39, 0.29) is 6.10 Å². The molecule has 0 aromatic heterocycles. The van der Waals surface area contributed by atoms with Gasteiger partial charge < -0.3 is 14.7 Å². The minimum atomic E-state index is -0.211. The van der Waals surface area contributed by atoms with E-state index < -0.39 is 0 Å². The van der Waals surface area contributed by atoms with Crippen molar-refractivity contribution in [2.75, 3.05) is 33.4 Å². The topological polar surface area (TPSA) is 32.7 Å². The molecule has 0 bridgehead atoms. The number of ether oxygens (including phenoxy) is 1. The Morgan fingerprint density at radius 1 is 1.36 bits per heavy atom. The van der Waals surface area contributed by atoms with Gasteiger partial charge in [-0.25, -0.2) is 0 Å². The van der Waals surface area contributed by atoms with Crippen LogP contribution in [0.4, 0.5) is 0 Å². The molecule has 14 heavy (non-hydrogen) atoms. The maximum absolute atomic E-state index is 9.71. The van der Waals surface area contributed by atoms with Crippen LogP contribution in [0.15, 0.2) is 0 Å². The lowest BCUT2D eigenvalue weighted by molar-refractivity contribution is 0.0737. The minimum absolute atomic E-state index is 0.211. The fourth-order valence-corrected chi connectivity index (χ4v) is 1.29. The van der Waals surface area contributed by atoms with Crippen molar-refractivity contribution in [3.05, 3.63) is 0 Å². The van der Waals surface area contributed by atoms with Gasteiger partial charge in [-0.1, -0.05) is 20.8 Å². The molecule has 0 aromatic rings. The van der Waals surface area contributed by atoms with Crippen molar-refractivity contribution < 1.29 is 9.84 Å². The number of aliphatic hydroxyl groups excluding tert-OH is 1. The summed E-state index contributed by atoms with van der Waals surface area (Å²) in [5.41, 5.74) is 0. The van der Waals surface area contributed by atoms with Crippen LogP contribution < -0.4 is 0 Å². The molecule has 0 aliphatic heterocycles. The molecule has 0 spiro atoms. The average Bonchev–Trinajstić information content (AvgIpc) is 2.16. The number of hydrogen-bond acceptors (Lipinski definition) is 3. The summed E-state index contributed by atoms with van der Waals surface area (Å²) in [6.45, 7) is 9.80. The Morgan fingerprint density at radius 3 is 2.43 bits per heavy atom. The van der Waals surface area contributed by atoms with Gasteiger partial charge in [0.1, 0.15) is 0 Å². The van der Waals surface area contributed by atoms with Crippen LogP contribution >= 0.6 is 0 Å². The quantitative estimate of drug-likeness (QED) is 0.605. The molecule has 0 rings (SSSR count). The summed E-state index contributed by atoms with van der Waals surface area (Å²) in [4.78, 5) is 2.27. The van der Waals surface area contributed by atoms with Crippen molar-refractivity contribution in [1.29, 1.82) is 0 Å². The summed E-state index contributed by atoms with van der Waals surface area (Å²) in [5, 5.41) is 9.71. The van der Waals surface area contributed by atoms with Gasteiger partial charge in [-0.15, -0.1) is 0 Å². The molecule has 0 saturated carbocycles. The maximum Gasteiger partial charge on any atom is 0.0689 e. The van der Waals surface area contributed by atoms with Crippen LogP contribution in [0.1, 0.15) is 27.2 Å². The fraction of sp³-hybridized carbons (Fsp3) is 1.00. The largest absolute Gasteiger partial charge is 0.392 e. The van der Waals surface area contributed by atoms with Gasteiger partial charge in [0.15, 0.2) is 0 Å². The van der Waals surface area contributed by atoms with E-state index in [1.54, 1.807) is 7.11 Å². The van der Waals surface area contributed by atoms with Gasteiger partial charge in [-0.2, -0.15) is 0 Å². The van der Waals surface area contributed by atoms with Crippen LogP contribution in [0.2, 0.25) is 0 Å². The fourth-order valence-electron chi connectivity index (χ4n) is 1.29. The van der Waals surface area contributed by atoms with Gasteiger partial charge in [0, 0.05) is 26.8 Å². The maximum atomic E-state index is 9.71. The zero-order valence-corrected chi connectivity index (χ0v) is 9.99. The summed E-state index contributed by atoms with van der Waals surface area (Å²) in [6, 6.07) is 0. The lowest BCUT2D eigenvalue weighted by atomic mass is 10.1. The first-order valence-electron chi connectivity index (χ1n) is 5.51. The second-order valence-electron chi connectivity index (χ2n) is 4.05. The molecule has 0 heterocycles. The van der Waals surface area contributed by atoms with E-state index >= 15 is 0 Å². The SMILES string of the molecule is CCN(CCCOC)CC(O)C(C)C. The molecule has 1 unspecified atom stereocenters. The number of methoxy groups -OCH3 is 1. The van der Waals surface area contributed by atoms with Gasteiger partial charge in [-0.05, 0) is 18.9 Å². The first-order valence-corrected chi connectivity index (χ1v) is 5.51. The van der Waals surface area contributed by atoms with Crippen molar-refractivity contribution >= 4 is 0 Å². The molecule has 0 aliphatic rings. The number of rotatable bonds is 8. The van der Waals surface area contributed by atoms with Crippen LogP contribution in [0, 0.1) is 5.92 Å². The zero-order valence-electron chi connectivity index (χ0n) is 9.99. The van der Waals surface area contributed by atoms with Crippen LogP contribution in [0.5, 0.6) is 0 Å². The van der Waals surface area contributed by atoms with Crippen molar-refractivity contribution in [1.82, 2.24) is 4.90 Å². The number of nitrogens with zero attached hydrogens (tertiary/aromatic N) is 1. The standard InChI is InChI=1S/C11H25NO2/c1-5-12(7-6-8-14-4)9-11(13)10(2)3/h10-11,13H,5-9H2,1-4H3. The van der Waals surface area contributed by atoms with E-state index in [0.29, 0.717) is 5.92 Å². The third-order valence-electron chi connectivity index (χ3n) is 2.48. The van der Waals surface area contributed by atoms with Gasteiger partial charge in [0.05, 0.1) is 6.10 Å². The first-order chi connectivity index (χ1) is 6.61. The van der Waals surface area contributed by atoms with E-state index in [9.17, 15) is 5.11 Å². The molecule has 0 aliphatic carbocycles. The highest BCUT2D eigenvalue weighted by Gasteiger charge is 2.12. The molecular weight excluding hydrogens is 178 g/mol. The van der Waals surface area contributed by atoms with Crippen molar-refractivity contribution in [3.8, 4) is 0 Å². The van der Waals surface area contributed by atoms with Gasteiger partial charge >= 0.3 is 0 Å². The normalized spacial score (nSPS) is 13.9. The van der Waals surface area contributed by atoms with Gasteiger partial charge in [-0.3, -0.25) is 0 Å². The highest BCUT2D eigenvalue weighted by Crippen LogP contribution is 2.04. The first kappa shape index (κ1) is 13.9. The van der Waals surface area contributed by atoms with Crippen LogP contribution in [-0.2, 0) is 4.74 Å². The average molecular weight is 203 g/mol. The summed E-state index contributed by atoms with van der Waals surface area (Å²) < 4.78 is 5.00. The molecule has 1 N–H and O–H groups in total. The van der Waals surface area contributed by atoms with E-state index in [4.69, 9.17) is 4.74 Å². The Hall–Kier alpha value is -0.120. The molecular formula is C11H25NO2. The Balaban J connectivity index is 3.67. The van der Waals surface area contributed by atoms with E-state index in [1.807, 2.05) is 13.8 Å². The molecule has 0 aromatic carbocycles. The molecule has 0 radical (unpaired) electrons. The lowest BCUT2D eigenvalue weighted by Crippen LogP contribution is -2.36. The highest BCUT2D eigenvalue weighted by atomic mass is 16.5. The Bertz CT molecular complexity index is 128. The monoisotopic (exact) mass is 203 g/mol. The number of hydrogen-bond donors (Lipinski definition) is 1. The summed E-state index contributed by atoms with van der Waals surface area (Å²) >= 11 is 0. The third-order valence-corrected chi connectivity index (χ3v) is 2.48. The van der Waals surface area contributed by atoms with Gasteiger partial charge in [0.25, 0.3) is 0 Å². The van der Waals surface area contributed by atoms with E-state index in [2.05, 4.69) is 11.8 Å². The molecule has 3 nitrogen and oxygen atoms in total. The Kier molecular flexibility index (Phi) is 8.14. The Morgan fingerprint density at radius 2 is 2.00 bits per heavy atom. The zero-order chi connectivity index (χ0) is 11.0. The smallest absolute Gasteiger partial charge is 0.0689 e. The van der Waals surface area contributed by atoms with E-state index in [0.717, 1.165) is 32.7 Å². The summed E-state index contributed by atoms with van der Waals surface area (Å²) in [7, 11) is 1.72. The lowest BCUT2D eigenvalue weighted by Gasteiger charge is -2.25. The van der Waals surface area contributed by atoms with E-state index in [1.165, 1.54) is 0 Å². The third kappa shape index (κ3) is 6.35. The molecule has 1 atom stereocenters. The van der Waals surface area contributed by atoms with Crippen LogP contribution in [0.3, 0.4) is 0 Å². The molecule has 3 heteroatoms.